The van der Waals surface area contributed by atoms with Gasteiger partial charge in [0.15, 0.2) is 0 Å². The fourth-order valence-corrected chi connectivity index (χ4v) is 3.19. The lowest BCUT2D eigenvalue weighted by molar-refractivity contribution is -0.124. The van der Waals surface area contributed by atoms with Gasteiger partial charge in [-0.3, -0.25) is 14.2 Å². The number of carbonyl (C=O) groups is 1. The Hall–Kier alpha value is -3.19. The summed E-state index contributed by atoms with van der Waals surface area (Å²) in [6.45, 7) is 4.24. The number of aromatic nitrogens is 2. The highest BCUT2D eigenvalue weighted by Gasteiger charge is 2.22. The van der Waals surface area contributed by atoms with Crippen LogP contribution < -0.4 is 16.6 Å². The molecule has 1 unspecified atom stereocenters. The lowest BCUT2D eigenvalue weighted by Crippen LogP contribution is -2.44. The third-order valence-corrected chi connectivity index (χ3v) is 4.63. The molecule has 0 bridgehead atoms. The quantitative estimate of drug-likeness (QED) is 0.660. The second kappa shape index (κ2) is 8.22. The van der Waals surface area contributed by atoms with Gasteiger partial charge in [-0.15, -0.1) is 0 Å². The molecule has 7 nitrogen and oxygen atoms in total. The zero-order chi connectivity index (χ0) is 20.3. The lowest BCUT2D eigenvalue weighted by Gasteiger charge is -2.19. The topological polar surface area (TPSA) is 82.3 Å². The molecule has 1 aromatic heterocycles. The van der Waals surface area contributed by atoms with E-state index in [4.69, 9.17) is 4.74 Å². The summed E-state index contributed by atoms with van der Waals surface area (Å²) in [7, 11) is 1.55. The zero-order valence-electron chi connectivity index (χ0n) is 16.1. The number of para-hydroxylation sites is 1. The van der Waals surface area contributed by atoms with Gasteiger partial charge in [0, 0.05) is 13.7 Å². The van der Waals surface area contributed by atoms with E-state index in [0.29, 0.717) is 29.7 Å². The number of nitrogens with one attached hydrogen (secondary N) is 1. The van der Waals surface area contributed by atoms with E-state index in [9.17, 15) is 14.4 Å². The molecule has 3 aromatic rings. The number of methoxy groups -OCH3 is 1. The predicted octanol–water partition coefficient (Wildman–Crippen LogP) is 1.78. The molecule has 1 atom stereocenters. The summed E-state index contributed by atoms with van der Waals surface area (Å²) in [5.74, 6) is -0.321. The first kappa shape index (κ1) is 19.6. The van der Waals surface area contributed by atoms with Gasteiger partial charge < -0.3 is 10.1 Å². The number of ether oxygens (including phenoxy) is 1. The molecule has 0 fully saturated rings. The van der Waals surface area contributed by atoms with Crippen molar-refractivity contribution in [3.8, 4) is 5.69 Å². The van der Waals surface area contributed by atoms with Crippen molar-refractivity contribution in [3.63, 3.8) is 0 Å². The van der Waals surface area contributed by atoms with Crippen LogP contribution in [-0.4, -0.2) is 35.3 Å². The van der Waals surface area contributed by atoms with E-state index in [2.05, 4.69) is 5.32 Å². The summed E-state index contributed by atoms with van der Waals surface area (Å²) in [5.41, 5.74) is 0.865. The number of hydrogen-bond donors (Lipinski definition) is 1. The summed E-state index contributed by atoms with van der Waals surface area (Å²) < 4.78 is 7.43. The number of nitrogens with zero attached hydrogens (tertiary/aromatic N) is 2. The molecule has 0 aliphatic heterocycles. The van der Waals surface area contributed by atoms with Crippen LogP contribution in [0, 0.1) is 6.92 Å². The standard InChI is InChI=1S/C21H23N3O4/c1-14-7-6-8-16(13-14)24-20(26)17-9-4-5-10-18(17)23(21(24)27)15(2)19(25)22-11-12-28-3/h4-10,13,15H,11-12H2,1-3H3,(H,22,25). The Balaban J connectivity index is 2.24. The molecule has 7 heteroatoms. The number of carbonyl (C=O) groups excluding carboxylic acids is 1. The first-order chi connectivity index (χ1) is 13.5. The molecule has 1 heterocycles. The smallest absolute Gasteiger partial charge is 0.336 e. The number of amides is 1. The van der Waals surface area contributed by atoms with Crippen molar-refractivity contribution in [2.45, 2.75) is 19.9 Å². The van der Waals surface area contributed by atoms with Crippen molar-refractivity contribution in [1.29, 1.82) is 0 Å². The molecule has 1 amide bonds. The maximum Gasteiger partial charge on any atom is 0.336 e. The highest BCUT2D eigenvalue weighted by Crippen LogP contribution is 2.15. The van der Waals surface area contributed by atoms with Crippen molar-refractivity contribution < 1.29 is 9.53 Å². The second-order valence-corrected chi connectivity index (χ2v) is 6.61. The third-order valence-electron chi connectivity index (χ3n) is 4.63. The highest BCUT2D eigenvalue weighted by atomic mass is 16.5. The van der Waals surface area contributed by atoms with Gasteiger partial charge in [0.1, 0.15) is 6.04 Å². The summed E-state index contributed by atoms with van der Waals surface area (Å²) in [6.07, 6.45) is 0. The molecule has 0 spiro atoms. The lowest BCUT2D eigenvalue weighted by atomic mass is 10.2. The Morgan fingerprint density at radius 2 is 1.89 bits per heavy atom. The van der Waals surface area contributed by atoms with Crippen LogP contribution in [0.15, 0.2) is 58.1 Å². The number of rotatable bonds is 6. The van der Waals surface area contributed by atoms with E-state index < -0.39 is 17.3 Å². The van der Waals surface area contributed by atoms with E-state index in [1.165, 1.54) is 4.57 Å². The van der Waals surface area contributed by atoms with Gasteiger partial charge in [0.25, 0.3) is 5.56 Å². The van der Waals surface area contributed by atoms with Gasteiger partial charge in [-0.2, -0.15) is 0 Å². The number of hydrogen-bond acceptors (Lipinski definition) is 4. The van der Waals surface area contributed by atoms with Crippen LogP contribution in [-0.2, 0) is 9.53 Å². The van der Waals surface area contributed by atoms with E-state index >= 15 is 0 Å². The largest absolute Gasteiger partial charge is 0.383 e. The van der Waals surface area contributed by atoms with E-state index in [-0.39, 0.29) is 5.91 Å². The van der Waals surface area contributed by atoms with E-state index in [1.54, 1.807) is 56.5 Å². The molecule has 3 rings (SSSR count). The van der Waals surface area contributed by atoms with Crippen LogP contribution in [0.3, 0.4) is 0 Å². The van der Waals surface area contributed by atoms with Gasteiger partial charge in [0.2, 0.25) is 5.91 Å². The molecule has 0 aliphatic rings. The first-order valence-electron chi connectivity index (χ1n) is 9.05. The summed E-state index contributed by atoms with van der Waals surface area (Å²) in [4.78, 5) is 38.9. The Morgan fingerprint density at radius 3 is 2.61 bits per heavy atom. The molecular formula is C21H23N3O4. The maximum absolute atomic E-state index is 13.3. The van der Waals surface area contributed by atoms with E-state index in [1.807, 2.05) is 13.0 Å². The number of benzene rings is 2. The fraction of sp³-hybridized carbons (Fsp3) is 0.286. The van der Waals surface area contributed by atoms with Crippen LogP contribution in [0.2, 0.25) is 0 Å². The van der Waals surface area contributed by atoms with Crippen LogP contribution in [0.4, 0.5) is 0 Å². The molecule has 0 aliphatic carbocycles. The Labute approximate surface area is 162 Å². The van der Waals surface area contributed by atoms with Crippen molar-refractivity contribution in [3.05, 3.63) is 74.9 Å². The van der Waals surface area contributed by atoms with Crippen LogP contribution in [0.5, 0.6) is 0 Å². The number of aryl methyl sites for hydroxylation is 1. The van der Waals surface area contributed by atoms with E-state index in [0.717, 1.165) is 10.1 Å². The molecule has 146 valence electrons. The average molecular weight is 381 g/mol. The monoisotopic (exact) mass is 381 g/mol. The summed E-state index contributed by atoms with van der Waals surface area (Å²) >= 11 is 0. The molecule has 0 saturated carbocycles. The third kappa shape index (κ3) is 3.61. The van der Waals surface area contributed by atoms with Gasteiger partial charge in [-0.25, -0.2) is 9.36 Å². The Kier molecular flexibility index (Phi) is 5.75. The van der Waals surface area contributed by atoms with Crippen molar-refractivity contribution in [1.82, 2.24) is 14.5 Å². The molecular weight excluding hydrogens is 358 g/mol. The molecule has 0 radical (unpaired) electrons. The predicted molar refractivity (Wildman–Crippen MR) is 108 cm³/mol. The minimum Gasteiger partial charge on any atom is -0.383 e. The van der Waals surface area contributed by atoms with Gasteiger partial charge >= 0.3 is 5.69 Å². The molecule has 28 heavy (non-hydrogen) atoms. The Bertz CT molecular complexity index is 1130. The normalized spacial score (nSPS) is 12.1. The van der Waals surface area contributed by atoms with Crippen molar-refractivity contribution >= 4 is 16.8 Å². The van der Waals surface area contributed by atoms with Crippen molar-refractivity contribution in [2.24, 2.45) is 0 Å². The number of fused-ring (bicyclic) bond motifs is 1. The molecule has 2 aromatic carbocycles. The maximum atomic E-state index is 13.3. The average Bonchev–Trinajstić information content (AvgIpc) is 2.68. The van der Waals surface area contributed by atoms with Crippen LogP contribution >= 0.6 is 0 Å². The SMILES string of the molecule is COCCNC(=O)C(C)n1c(=O)n(-c2cccc(C)c2)c(=O)c2ccccc21. The van der Waals surface area contributed by atoms with Gasteiger partial charge in [-0.05, 0) is 43.7 Å². The highest BCUT2D eigenvalue weighted by molar-refractivity contribution is 5.84. The molecule has 0 saturated heterocycles. The van der Waals surface area contributed by atoms with Crippen LogP contribution in [0.1, 0.15) is 18.5 Å². The minimum atomic E-state index is -0.800. The van der Waals surface area contributed by atoms with Gasteiger partial charge in [-0.1, -0.05) is 24.3 Å². The van der Waals surface area contributed by atoms with Gasteiger partial charge in [0.05, 0.1) is 23.2 Å². The summed E-state index contributed by atoms with van der Waals surface area (Å²) in [6, 6.07) is 13.2. The van der Waals surface area contributed by atoms with Crippen molar-refractivity contribution in [2.75, 3.05) is 20.3 Å². The van der Waals surface area contributed by atoms with Crippen LogP contribution in [0.25, 0.3) is 16.6 Å². The summed E-state index contributed by atoms with van der Waals surface area (Å²) in [5, 5.41) is 3.12. The minimum absolute atomic E-state index is 0.321. The molecule has 1 N–H and O–H groups in total. The zero-order valence-corrected chi connectivity index (χ0v) is 16.1. The fourth-order valence-electron chi connectivity index (χ4n) is 3.19. The second-order valence-electron chi connectivity index (χ2n) is 6.61. The first-order valence-corrected chi connectivity index (χ1v) is 9.05. The Morgan fingerprint density at radius 1 is 1.14 bits per heavy atom.